The van der Waals surface area contributed by atoms with Crippen LogP contribution in [-0.4, -0.2) is 37.3 Å². The first-order valence-electron chi connectivity index (χ1n) is 8.85. The normalized spacial score (nSPS) is 16.5. The fourth-order valence-corrected chi connectivity index (χ4v) is 3.20. The molecule has 0 saturated carbocycles. The number of benzene rings is 1. The number of alkyl halides is 3. The van der Waals surface area contributed by atoms with Crippen molar-refractivity contribution < 1.29 is 42.2 Å². The number of carbonyl (C=O) groups excluding carboxylic acids is 2. The number of ether oxygens (including phenoxy) is 2. The second-order valence-electron chi connectivity index (χ2n) is 6.44. The van der Waals surface area contributed by atoms with E-state index in [2.05, 4.69) is 10.2 Å². The lowest BCUT2D eigenvalue weighted by molar-refractivity contribution is -0.757. The van der Waals surface area contributed by atoms with E-state index in [-0.39, 0.29) is 22.4 Å². The molecule has 31 heavy (non-hydrogen) atoms. The van der Waals surface area contributed by atoms with E-state index in [4.69, 9.17) is 9.47 Å². The van der Waals surface area contributed by atoms with Crippen molar-refractivity contribution in [3.63, 3.8) is 0 Å². The second kappa shape index (κ2) is 9.49. The molecule has 1 aliphatic rings. The predicted molar refractivity (Wildman–Crippen MR) is 98.6 cm³/mol. The Labute approximate surface area is 174 Å². The van der Waals surface area contributed by atoms with Crippen LogP contribution in [0.4, 0.5) is 13.2 Å². The van der Waals surface area contributed by atoms with Gasteiger partial charge in [0.25, 0.3) is 5.09 Å². The van der Waals surface area contributed by atoms with E-state index in [1.807, 2.05) is 0 Å². The summed E-state index contributed by atoms with van der Waals surface area (Å²) in [4.78, 5) is 39.5. The third-order valence-corrected chi connectivity index (χ3v) is 4.45. The Morgan fingerprint density at radius 2 is 1.74 bits per heavy atom. The summed E-state index contributed by atoms with van der Waals surface area (Å²) in [5, 5.41) is 12.0. The topological polar surface area (TPSA) is 117 Å². The molecule has 0 spiro atoms. The van der Waals surface area contributed by atoms with E-state index < -0.39 is 47.9 Å². The van der Waals surface area contributed by atoms with Gasteiger partial charge in [0, 0.05) is 11.4 Å². The van der Waals surface area contributed by atoms with Crippen molar-refractivity contribution in [2.24, 2.45) is 0 Å². The van der Waals surface area contributed by atoms with E-state index in [9.17, 15) is 32.9 Å². The Morgan fingerprint density at radius 1 is 1.13 bits per heavy atom. The summed E-state index contributed by atoms with van der Waals surface area (Å²) in [5.41, 5.74) is -0.612. The molecule has 1 aromatic rings. The smallest absolute Gasteiger partial charge is 0.416 e. The van der Waals surface area contributed by atoms with Gasteiger partial charge in [0.2, 0.25) is 0 Å². The van der Waals surface area contributed by atoms with Crippen molar-refractivity contribution in [2.45, 2.75) is 25.9 Å². The van der Waals surface area contributed by atoms with Crippen LogP contribution in [0.3, 0.4) is 0 Å². The molecule has 1 atom stereocenters. The van der Waals surface area contributed by atoms with Gasteiger partial charge in [0.1, 0.15) is 13.2 Å². The molecule has 9 nitrogen and oxygen atoms in total. The predicted octanol–water partition coefficient (Wildman–Crippen LogP) is 2.86. The molecule has 0 aliphatic carbocycles. The molecule has 1 heterocycles. The molecular formula is C19H19F3N2O7. The number of esters is 2. The van der Waals surface area contributed by atoms with Gasteiger partial charge in [-0.3, -0.25) is 0 Å². The molecule has 0 radical (unpaired) electrons. The summed E-state index contributed by atoms with van der Waals surface area (Å²) in [6.07, 6.45) is -4.65. The summed E-state index contributed by atoms with van der Waals surface area (Å²) < 4.78 is 49.5. The first-order chi connectivity index (χ1) is 14.5. The number of nitrogens with zero attached hydrogens (tertiary/aromatic N) is 1. The molecule has 0 aromatic heterocycles. The Bertz CT molecular complexity index is 954. The number of rotatable bonds is 7. The zero-order valence-electron chi connectivity index (χ0n) is 16.7. The first-order valence-corrected chi connectivity index (χ1v) is 8.85. The third-order valence-electron chi connectivity index (χ3n) is 4.45. The fraction of sp³-hybridized carbons (Fsp3) is 0.368. The highest BCUT2D eigenvalue weighted by atomic mass is 19.4. The molecule has 0 bridgehead atoms. The van der Waals surface area contributed by atoms with Crippen molar-refractivity contribution in [1.29, 1.82) is 0 Å². The number of methoxy groups -OCH3 is 1. The maximum atomic E-state index is 13.2. The Balaban J connectivity index is 2.52. The number of carbonyl (C=O) groups is 2. The molecule has 0 saturated heterocycles. The minimum Gasteiger partial charge on any atom is -0.466 e. The van der Waals surface area contributed by atoms with Gasteiger partial charge in [-0.15, -0.1) is 10.1 Å². The average molecular weight is 444 g/mol. The van der Waals surface area contributed by atoms with Crippen LogP contribution in [0.5, 0.6) is 0 Å². The lowest BCUT2D eigenvalue weighted by Crippen LogP contribution is -2.32. The summed E-state index contributed by atoms with van der Waals surface area (Å²) in [5.74, 6) is -3.05. The third kappa shape index (κ3) is 5.53. The number of nitrogens with one attached hydrogen (secondary N) is 1. The number of hydrogen-bond acceptors (Lipinski definition) is 8. The zero-order valence-corrected chi connectivity index (χ0v) is 16.7. The number of allylic oxidation sites excluding steroid dienone is 2. The van der Waals surface area contributed by atoms with E-state index in [0.29, 0.717) is 5.70 Å². The van der Waals surface area contributed by atoms with Gasteiger partial charge in [-0.25, -0.2) is 9.59 Å². The summed E-state index contributed by atoms with van der Waals surface area (Å²) in [6.45, 7) is 1.99. The number of hydrogen-bond donors (Lipinski definition) is 1. The van der Waals surface area contributed by atoms with Crippen molar-refractivity contribution in [3.8, 4) is 0 Å². The lowest BCUT2D eigenvalue weighted by atomic mass is 9.80. The fourth-order valence-electron chi connectivity index (χ4n) is 3.20. The van der Waals surface area contributed by atoms with Crippen LogP contribution in [0.25, 0.3) is 0 Å². The molecule has 2 rings (SSSR count). The molecule has 1 aliphatic heterocycles. The largest absolute Gasteiger partial charge is 0.466 e. The van der Waals surface area contributed by atoms with Crippen molar-refractivity contribution >= 4 is 11.9 Å². The molecule has 168 valence electrons. The van der Waals surface area contributed by atoms with Crippen LogP contribution < -0.4 is 5.32 Å². The van der Waals surface area contributed by atoms with Crippen LogP contribution in [0.2, 0.25) is 0 Å². The molecule has 1 unspecified atom stereocenters. The molecular weight excluding hydrogens is 425 g/mol. The number of dihydropyridines is 1. The second-order valence-corrected chi connectivity index (χ2v) is 6.44. The Morgan fingerprint density at radius 3 is 2.29 bits per heavy atom. The highest BCUT2D eigenvalue weighted by molar-refractivity contribution is 5.99. The van der Waals surface area contributed by atoms with E-state index in [1.54, 1.807) is 0 Å². The molecule has 12 heteroatoms. The van der Waals surface area contributed by atoms with Crippen molar-refractivity contribution in [2.75, 3.05) is 20.3 Å². The first kappa shape index (κ1) is 23.7. The minimum atomic E-state index is -4.65. The van der Waals surface area contributed by atoms with Gasteiger partial charge in [-0.1, -0.05) is 18.2 Å². The standard InChI is InChI=1S/C19H19F3N2O7/c1-10-14(17(25)29-3)16(12-5-4-6-13(9-12)19(20,21)22)15(11(2)23-10)18(26)30-7-8-31-24(27)28/h4-6,9,16,23H,7-8H2,1-3H3. The highest BCUT2D eigenvalue weighted by Crippen LogP contribution is 2.41. The monoisotopic (exact) mass is 444 g/mol. The van der Waals surface area contributed by atoms with Crippen molar-refractivity contribution in [1.82, 2.24) is 5.32 Å². The van der Waals surface area contributed by atoms with E-state index in [0.717, 1.165) is 25.3 Å². The SMILES string of the molecule is COC(=O)C1=C(C)NC(C)=C(C(=O)OCCO[N+](=O)[O-])C1c1cccc(C(F)(F)F)c1. The van der Waals surface area contributed by atoms with Gasteiger partial charge >= 0.3 is 18.1 Å². The summed E-state index contributed by atoms with van der Waals surface area (Å²) >= 11 is 0. The average Bonchev–Trinajstić information content (AvgIpc) is 2.69. The maximum absolute atomic E-state index is 13.2. The van der Waals surface area contributed by atoms with E-state index in [1.165, 1.54) is 19.9 Å². The van der Waals surface area contributed by atoms with Crippen molar-refractivity contribution in [3.05, 3.63) is 68.0 Å². The number of halogens is 3. The van der Waals surface area contributed by atoms with Gasteiger partial charge in [0.05, 0.1) is 29.7 Å². The Kier molecular flexibility index (Phi) is 7.26. The van der Waals surface area contributed by atoms with Crippen LogP contribution in [0.15, 0.2) is 46.8 Å². The quantitative estimate of drug-likeness (QED) is 0.295. The van der Waals surface area contributed by atoms with Gasteiger partial charge in [0.15, 0.2) is 0 Å². The maximum Gasteiger partial charge on any atom is 0.416 e. The zero-order chi connectivity index (χ0) is 23.3. The van der Waals surface area contributed by atoms with Crippen LogP contribution in [-0.2, 0) is 30.1 Å². The molecule has 0 fully saturated rings. The molecule has 1 N–H and O–H groups in total. The molecule has 0 amide bonds. The van der Waals surface area contributed by atoms with Crippen LogP contribution in [0, 0.1) is 10.1 Å². The highest BCUT2D eigenvalue weighted by Gasteiger charge is 2.39. The summed E-state index contributed by atoms with van der Waals surface area (Å²) in [6, 6.07) is 4.20. The van der Waals surface area contributed by atoms with Crippen LogP contribution in [0.1, 0.15) is 30.9 Å². The summed E-state index contributed by atoms with van der Waals surface area (Å²) in [7, 11) is 1.10. The minimum absolute atomic E-state index is 0.0175. The van der Waals surface area contributed by atoms with Crippen LogP contribution >= 0.6 is 0 Å². The van der Waals surface area contributed by atoms with Gasteiger partial charge in [-0.05, 0) is 25.5 Å². The molecule has 1 aromatic carbocycles. The Hall–Kier alpha value is -3.57. The van der Waals surface area contributed by atoms with Gasteiger partial charge < -0.3 is 19.6 Å². The van der Waals surface area contributed by atoms with E-state index >= 15 is 0 Å². The lowest BCUT2D eigenvalue weighted by Gasteiger charge is -2.30. The van der Waals surface area contributed by atoms with Gasteiger partial charge in [-0.2, -0.15) is 13.2 Å².